The molecule has 1 aliphatic heterocycles. The van der Waals surface area contributed by atoms with Gasteiger partial charge in [0.25, 0.3) is 0 Å². The predicted octanol–water partition coefficient (Wildman–Crippen LogP) is 1.45. The lowest BCUT2D eigenvalue weighted by Crippen LogP contribution is -2.38. The van der Waals surface area contributed by atoms with Gasteiger partial charge in [-0.2, -0.15) is 4.98 Å². The van der Waals surface area contributed by atoms with Crippen molar-refractivity contribution in [1.82, 2.24) is 9.97 Å². The fourth-order valence-corrected chi connectivity index (χ4v) is 2.42. The SMILES string of the molecule is Nc1ncc(Cl)c(N2CCCCCC2CO)n1. The van der Waals surface area contributed by atoms with E-state index in [0.29, 0.717) is 10.8 Å². The molecule has 0 spiro atoms. The van der Waals surface area contributed by atoms with Crippen LogP contribution in [0, 0.1) is 0 Å². The highest BCUT2D eigenvalue weighted by molar-refractivity contribution is 6.32. The Morgan fingerprint density at radius 2 is 2.29 bits per heavy atom. The summed E-state index contributed by atoms with van der Waals surface area (Å²) in [7, 11) is 0. The van der Waals surface area contributed by atoms with Gasteiger partial charge in [0.05, 0.1) is 18.8 Å². The fourth-order valence-electron chi connectivity index (χ4n) is 2.22. The number of nitrogen functional groups attached to an aromatic ring is 1. The summed E-state index contributed by atoms with van der Waals surface area (Å²) in [5.74, 6) is 0.852. The molecule has 94 valence electrons. The van der Waals surface area contributed by atoms with E-state index in [0.717, 1.165) is 25.8 Å². The molecule has 6 heteroatoms. The number of aliphatic hydroxyl groups is 1. The van der Waals surface area contributed by atoms with Crippen LogP contribution in [0.4, 0.5) is 11.8 Å². The molecular formula is C11H17ClN4O. The Kier molecular flexibility index (Phi) is 4.02. The topological polar surface area (TPSA) is 75.3 Å². The van der Waals surface area contributed by atoms with Crippen molar-refractivity contribution in [3.05, 3.63) is 11.2 Å². The van der Waals surface area contributed by atoms with Gasteiger partial charge < -0.3 is 15.7 Å². The molecule has 2 rings (SSSR count). The lowest BCUT2D eigenvalue weighted by atomic mass is 10.1. The zero-order valence-corrected chi connectivity index (χ0v) is 10.4. The van der Waals surface area contributed by atoms with Gasteiger partial charge in [0.15, 0.2) is 5.82 Å². The van der Waals surface area contributed by atoms with Crippen LogP contribution in [-0.2, 0) is 0 Å². The molecule has 17 heavy (non-hydrogen) atoms. The summed E-state index contributed by atoms with van der Waals surface area (Å²) < 4.78 is 0. The van der Waals surface area contributed by atoms with Crippen molar-refractivity contribution in [2.45, 2.75) is 31.7 Å². The first-order valence-corrected chi connectivity index (χ1v) is 6.25. The molecule has 2 heterocycles. The Labute approximate surface area is 106 Å². The largest absolute Gasteiger partial charge is 0.394 e. The highest BCUT2D eigenvalue weighted by Gasteiger charge is 2.23. The van der Waals surface area contributed by atoms with E-state index in [4.69, 9.17) is 17.3 Å². The van der Waals surface area contributed by atoms with Crippen LogP contribution >= 0.6 is 11.6 Å². The van der Waals surface area contributed by atoms with Gasteiger partial charge in [-0.15, -0.1) is 0 Å². The zero-order chi connectivity index (χ0) is 12.3. The molecule has 0 radical (unpaired) electrons. The summed E-state index contributed by atoms with van der Waals surface area (Å²) in [5.41, 5.74) is 5.59. The third kappa shape index (κ3) is 2.79. The number of aliphatic hydroxyl groups excluding tert-OH is 1. The molecule has 1 unspecified atom stereocenters. The predicted molar refractivity (Wildman–Crippen MR) is 68.1 cm³/mol. The monoisotopic (exact) mass is 256 g/mol. The molecule has 5 nitrogen and oxygen atoms in total. The Balaban J connectivity index is 2.31. The summed E-state index contributed by atoms with van der Waals surface area (Å²) in [6.45, 7) is 0.960. The Morgan fingerprint density at radius 3 is 3.06 bits per heavy atom. The van der Waals surface area contributed by atoms with Crippen LogP contribution in [0.15, 0.2) is 6.20 Å². The van der Waals surface area contributed by atoms with Gasteiger partial charge in [0.2, 0.25) is 5.95 Å². The number of aromatic nitrogens is 2. The minimum atomic E-state index is 0.0734. The first kappa shape index (κ1) is 12.4. The fraction of sp³-hybridized carbons (Fsp3) is 0.636. The molecule has 3 N–H and O–H groups in total. The van der Waals surface area contributed by atoms with Crippen molar-refractivity contribution in [3.63, 3.8) is 0 Å². The summed E-state index contributed by atoms with van der Waals surface area (Å²) >= 11 is 6.10. The van der Waals surface area contributed by atoms with Gasteiger partial charge in [-0.3, -0.25) is 0 Å². The number of rotatable bonds is 2. The van der Waals surface area contributed by atoms with Crippen LogP contribution in [0.1, 0.15) is 25.7 Å². The lowest BCUT2D eigenvalue weighted by molar-refractivity contribution is 0.254. The Morgan fingerprint density at radius 1 is 1.47 bits per heavy atom. The van der Waals surface area contributed by atoms with Gasteiger partial charge in [0, 0.05) is 6.54 Å². The summed E-state index contributed by atoms with van der Waals surface area (Å²) in [5, 5.41) is 9.93. The molecule has 1 fully saturated rings. The maximum absolute atomic E-state index is 9.45. The van der Waals surface area contributed by atoms with E-state index in [2.05, 4.69) is 9.97 Å². The first-order valence-electron chi connectivity index (χ1n) is 5.88. The molecule has 0 bridgehead atoms. The van der Waals surface area contributed by atoms with Gasteiger partial charge in [-0.1, -0.05) is 24.4 Å². The van der Waals surface area contributed by atoms with Crippen LogP contribution in [0.5, 0.6) is 0 Å². The normalized spacial score (nSPS) is 21.3. The van der Waals surface area contributed by atoms with E-state index in [9.17, 15) is 5.11 Å². The third-order valence-corrected chi connectivity index (χ3v) is 3.37. The molecule has 1 atom stereocenters. The van der Waals surface area contributed by atoms with Crippen LogP contribution < -0.4 is 10.6 Å². The van der Waals surface area contributed by atoms with Crippen molar-refractivity contribution in [2.75, 3.05) is 23.8 Å². The maximum Gasteiger partial charge on any atom is 0.222 e. The van der Waals surface area contributed by atoms with Crippen molar-refractivity contribution in [2.24, 2.45) is 0 Å². The van der Waals surface area contributed by atoms with E-state index >= 15 is 0 Å². The Hall–Kier alpha value is -1.07. The molecule has 0 amide bonds. The standard InChI is InChI=1S/C11H17ClN4O/c12-9-6-14-11(13)15-10(9)16-5-3-1-2-4-8(16)7-17/h6,8,17H,1-5,7H2,(H2,13,14,15). The summed E-state index contributed by atoms with van der Waals surface area (Å²) in [4.78, 5) is 10.1. The highest BCUT2D eigenvalue weighted by atomic mass is 35.5. The second-order valence-corrected chi connectivity index (χ2v) is 4.69. The van der Waals surface area contributed by atoms with Crippen LogP contribution in [0.3, 0.4) is 0 Å². The number of anilines is 2. The van der Waals surface area contributed by atoms with E-state index in [1.54, 1.807) is 0 Å². The third-order valence-electron chi connectivity index (χ3n) is 3.10. The molecule has 1 saturated heterocycles. The maximum atomic E-state index is 9.45. The van der Waals surface area contributed by atoms with Crippen molar-refractivity contribution >= 4 is 23.4 Å². The van der Waals surface area contributed by atoms with E-state index in [1.807, 2.05) is 4.90 Å². The minimum Gasteiger partial charge on any atom is -0.394 e. The van der Waals surface area contributed by atoms with Gasteiger partial charge >= 0.3 is 0 Å². The lowest BCUT2D eigenvalue weighted by Gasteiger charge is -2.30. The molecule has 1 aliphatic rings. The van der Waals surface area contributed by atoms with Gasteiger partial charge in [-0.25, -0.2) is 4.98 Å². The second kappa shape index (κ2) is 5.51. The quantitative estimate of drug-likeness (QED) is 0.838. The molecular weight excluding hydrogens is 240 g/mol. The molecule has 1 aromatic rings. The number of nitrogens with zero attached hydrogens (tertiary/aromatic N) is 3. The van der Waals surface area contributed by atoms with Crippen molar-refractivity contribution in [3.8, 4) is 0 Å². The Bertz CT molecular complexity index is 388. The number of hydrogen-bond acceptors (Lipinski definition) is 5. The van der Waals surface area contributed by atoms with E-state index in [-0.39, 0.29) is 18.6 Å². The highest BCUT2D eigenvalue weighted by Crippen LogP contribution is 2.28. The molecule has 1 aromatic heterocycles. The number of hydrogen-bond donors (Lipinski definition) is 2. The number of nitrogens with two attached hydrogens (primary N) is 1. The van der Waals surface area contributed by atoms with Gasteiger partial charge in [-0.05, 0) is 12.8 Å². The van der Waals surface area contributed by atoms with Crippen molar-refractivity contribution in [1.29, 1.82) is 0 Å². The van der Waals surface area contributed by atoms with Crippen molar-refractivity contribution < 1.29 is 5.11 Å². The molecule has 0 saturated carbocycles. The summed E-state index contributed by atoms with van der Waals surface area (Å²) in [6, 6.07) is 0.0734. The van der Waals surface area contributed by atoms with Crippen LogP contribution in [0.2, 0.25) is 5.02 Å². The second-order valence-electron chi connectivity index (χ2n) is 4.28. The molecule has 0 aromatic carbocycles. The molecule has 0 aliphatic carbocycles. The first-order chi connectivity index (χ1) is 8.22. The van der Waals surface area contributed by atoms with Crippen LogP contribution in [-0.4, -0.2) is 34.3 Å². The average Bonchev–Trinajstić information content (AvgIpc) is 2.57. The summed E-state index contributed by atoms with van der Waals surface area (Å²) in [6.07, 6.45) is 5.84. The smallest absolute Gasteiger partial charge is 0.222 e. The van der Waals surface area contributed by atoms with Gasteiger partial charge in [0.1, 0.15) is 5.02 Å². The van der Waals surface area contributed by atoms with E-state index < -0.39 is 0 Å². The average molecular weight is 257 g/mol. The zero-order valence-electron chi connectivity index (χ0n) is 9.64. The van der Waals surface area contributed by atoms with Crippen LogP contribution in [0.25, 0.3) is 0 Å². The number of halogens is 1. The van der Waals surface area contributed by atoms with E-state index in [1.165, 1.54) is 12.6 Å². The minimum absolute atomic E-state index is 0.0734.